The summed E-state index contributed by atoms with van der Waals surface area (Å²) in [6, 6.07) is 4.34. The van der Waals surface area contributed by atoms with E-state index in [2.05, 4.69) is 12.1 Å². The van der Waals surface area contributed by atoms with Crippen LogP contribution in [0.3, 0.4) is 0 Å². The van der Waals surface area contributed by atoms with Crippen LogP contribution < -0.4 is 0 Å². The molecular formula is C11H13N3. The fraction of sp³-hybridized carbons (Fsp3) is 0.455. The maximum atomic E-state index is 8.98. The highest BCUT2D eigenvalue weighted by Crippen LogP contribution is 2.32. The Hall–Kier alpha value is -1.74. The molecule has 1 rings (SSSR count). The molecule has 3 nitrogen and oxygen atoms in total. The summed E-state index contributed by atoms with van der Waals surface area (Å²) in [6.45, 7) is 5.72. The Bertz CT molecular complexity index is 363. The highest BCUT2D eigenvalue weighted by molar-refractivity contribution is 5.46. The van der Waals surface area contributed by atoms with Gasteiger partial charge in [-0.05, 0) is 13.8 Å². The molecule has 0 fully saturated rings. The van der Waals surface area contributed by atoms with E-state index in [0.717, 1.165) is 11.4 Å². The van der Waals surface area contributed by atoms with E-state index in [0.29, 0.717) is 11.1 Å². The first-order valence-corrected chi connectivity index (χ1v) is 4.50. The zero-order chi connectivity index (χ0) is 10.9. The van der Waals surface area contributed by atoms with Crippen molar-refractivity contribution in [2.75, 3.05) is 7.05 Å². The molecule has 0 saturated carbocycles. The normalized spacial score (nSPS) is 18.3. The van der Waals surface area contributed by atoms with Crippen LogP contribution in [0.2, 0.25) is 0 Å². The average Bonchev–Trinajstić information content (AvgIpc) is 2.16. The van der Waals surface area contributed by atoms with Gasteiger partial charge in [0.25, 0.3) is 0 Å². The number of nitriles is 2. The van der Waals surface area contributed by atoms with Crippen LogP contribution in [0, 0.1) is 28.6 Å². The van der Waals surface area contributed by atoms with Crippen molar-refractivity contribution in [2.24, 2.45) is 5.92 Å². The van der Waals surface area contributed by atoms with E-state index in [-0.39, 0.29) is 5.92 Å². The van der Waals surface area contributed by atoms with Crippen molar-refractivity contribution in [3.63, 3.8) is 0 Å². The first-order valence-electron chi connectivity index (χ1n) is 4.50. The van der Waals surface area contributed by atoms with E-state index in [1.54, 1.807) is 0 Å². The minimum atomic E-state index is -0.0683. The van der Waals surface area contributed by atoms with Gasteiger partial charge in [-0.1, -0.05) is 6.92 Å². The molecule has 0 unspecified atom stereocenters. The van der Waals surface area contributed by atoms with Gasteiger partial charge in [0, 0.05) is 24.4 Å². The number of hydrogen-bond acceptors (Lipinski definition) is 3. The van der Waals surface area contributed by atoms with Gasteiger partial charge in [-0.15, -0.1) is 0 Å². The lowest BCUT2D eigenvalue weighted by molar-refractivity contribution is 0.479. The summed E-state index contributed by atoms with van der Waals surface area (Å²) >= 11 is 0. The number of allylic oxidation sites excluding steroid dienone is 4. The number of hydrogen-bond donors (Lipinski definition) is 0. The first-order chi connectivity index (χ1) is 6.54. The maximum Gasteiger partial charge on any atom is 0.0972 e. The Morgan fingerprint density at radius 1 is 1.07 bits per heavy atom. The largest absolute Gasteiger partial charge is 0.350 e. The van der Waals surface area contributed by atoms with Crippen molar-refractivity contribution in [1.29, 1.82) is 10.5 Å². The summed E-state index contributed by atoms with van der Waals surface area (Å²) in [5.41, 5.74) is 3.26. The molecule has 0 amide bonds. The van der Waals surface area contributed by atoms with Crippen LogP contribution in [-0.4, -0.2) is 11.9 Å². The topological polar surface area (TPSA) is 50.8 Å². The molecular weight excluding hydrogens is 174 g/mol. The molecule has 0 radical (unpaired) electrons. The Morgan fingerprint density at radius 3 is 1.71 bits per heavy atom. The van der Waals surface area contributed by atoms with Crippen molar-refractivity contribution in [1.82, 2.24) is 4.90 Å². The molecule has 0 saturated heterocycles. The predicted octanol–water partition coefficient (Wildman–Crippen LogP) is 2.16. The third kappa shape index (κ3) is 1.28. The Labute approximate surface area is 84.5 Å². The van der Waals surface area contributed by atoms with E-state index in [1.165, 1.54) is 0 Å². The van der Waals surface area contributed by atoms with Crippen molar-refractivity contribution in [3.8, 4) is 12.1 Å². The lowest BCUT2D eigenvalue weighted by atomic mass is 9.88. The van der Waals surface area contributed by atoms with Crippen LogP contribution in [0.5, 0.6) is 0 Å². The first kappa shape index (κ1) is 10.3. The lowest BCUT2D eigenvalue weighted by Gasteiger charge is -2.30. The SMILES string of the molecule is CC1=C(C#N)C(C)C(C#N)=C(C)N1C. The zero-order valence-electron chi connectivity index (χ0n) is 8.92. The molecule has 0 spiro atoms. The van der Waals surface area contributed by atoms with Gasteiger partial charge in [0.2, 0.25) is 0 Å². The molecule has 0 bridgehead atoms. The van der Waals surface area contributed by atoms with Crippen LogP contribution in [0.25, 0.3) is 0 Å². The molecule has 72 valence electrons. The third-order valence-corrected chi connectivity index (χ3v) is 2.89. The summed E-state index contributed by atoms with van der Waals surface area (Å²) in [5.74, 6) is -0.0683. The number of nitrogens with zero attached hydrogens (tertiary/aromatic N) is 3. The summed E-state index contributed by atoms with van der Waals surface area (Å²) < 4.78 is 0. The third-order valence-electron chi connectivity index (χ3n) is 2.89. The molecule has 0 aliphatic carbocycles. The highest BCUT2D eigenvalue weighted by atomic mass is 15.1. The van der Waals surface area contributed by atoms with Crippen molar-refractivity contribution >= 4 is 0 Å². The average molecular weight is 187 g/mol. The van der Waals surface area contributed by atoms with E-state index in [4.69, 9.17) is 10.5 Å². The smallest absolute Gasteiger partial charge is 0.0972 e. The molecule has 14 heavy (non-hydrogen) atoms. The zero-order valence-corrected chi connectivity index (χ0v) is 8.92. The summed E-state index contributed by atoms with van der Waals surface area (Å²) in [6.07, 6.45) is 0. The van der Waals surface area contributed by atoms with Gasteiger partial charge in [0.05, 0.1) is 23.3 Å². The molecule has 0 aromatic heterocycles. The molecule has 1 heterocycles. The van der Waals surface area contributed by atoms with Crippen molar-refractivity contribution < 1.29 is 0 Å². The van der Waals surface area contributed by atoms with Gasteiger partial charge in [0.1, 0.15) is 0 Å². The summed E-state index contributed by atoms with van der Waals surface area (Å²) in [4.78, 5) is 1.90. The van der Waals surface area contributed by atoms with Gasteiger partial charge >= 0.3 is 0 Å². The Balaban J connectivity index is 3.32. The second-order valence-corrected chi connectivity index (χ2v) is 3.50. The summed E-state index contributed by atoms with van der Waals surface area (Å²) in [7, 11) is 1.88. The molecule has 0 atom stereocenters. The number of rotatable bonds is 0. The van der Waals surface area contributed by atoms with Crippen LogP contribution in [0.4, 0.5) is 0 Å². The van der Waals surface area contributed by atoms with Crippen molar-refractivity contribution in [2.45, 2.75) is 20.8 Å². The summed E-state index contributed by atoms with van der Waals surface area (Å²) in [5, 5.41) is 18.0. The predicted molar refractivity (Wildman–Crippen MR) is 53.6 cm³/mol. The second-order valence-electron chi connectivity index (χ2n) is 3.50. The Kier molecular flexibility index (Phi) is 2.63. The molecule has 1 aliphatic rings. The maximum absolute atomic E-state index is 8.98. The van der Waals surface area contributed by atoms with Crippen LogP contribution in [-0.2, 0) is 0 Å². The van der Waals surface area contributed by atoms with Gasteiger partial charge < -0.3 is 4.90 Å². The van der Waals surface area contributed by atoms with E-state index in [1.807, 2.05) is 32.7 Å². The standard InChI is InChI=1S/C11H13N3/c1-7-10(5-12)8(2)14(4)9(3)11(7)6-13/h7H,1-4H3. The van der Waals surface area contributed by atoms with Gasteiger partial charge in [-0.3, -0.25) is 0 Å². The minimum absolute atomic E-state index is 0.0683. The molecule has 0 N–H and O–H groups in total. The molecule has 1 aliphatic heterocycles. The minimum Gasteiger partial charge on any atom is -0.350 e. The molecule has 3 heteroatoms. The van der Waals surface area contributed by atoms with Gasteiger partial charge in [0.15, 0.2) is 0 Å². The van der Waals surface area contributed by atoms with E-state index in [9.17, 15) is 0 Å². The van der Waals surface area contributed by atoms with E-state index < -0.39 is 0 Å². The van der Waals surface area contributed by atoms with Gasteiger partial charge in [-0.25, -0.2) is 0 Å². The lowest BCUT2D eigenvalue weighted by Crippen LogP contribution is -2.25. The fourth-order valence-corrected chi connectivity index (χ4v) is 1.74. The molecule has 0 aromatic rings. The van der Waals surface area contributed by atoms with Crippen molar-refractivity contribution in [3.05, 3.63) is 22.5 Å². The Morgan fingerprint density at radius 2 is 1.43 bits per heavy atom. The monoisotopic (exact) mass is 187 g/mol. The quantitative estimate of drug-likeness (QED) is 0.584. The second kappa shape index (κ2) is 3.55. The molecule has 0 aromatic carbocycles. The van der Waals surface area contributed by atoms with Crippen LogP contribution in [0.1, 0.15) is 20.8 Å². The fourth-order valence-electron chi connectivity index (χ4n) is 1.74. The highest BCUT2D eigenvalue weighted by Gasteiger charge is 2.26. The van der Waals surface area contributed by atoms with Gasteiger partial charge in [-0.2, -0.15) is 10.5 Å². The van der Waals surface area contributed by atoms with E-state index >= 15 is 0 Å². The van der Waals surface area contributed by atoms with Crippen LogP contribution in [0.15, 0.2) is 22.5 Å². The van der Waals surface area contributed by atoms with Crippen LogP contribution >= 0.6 is 0 Å².